The normalized spacial score (nSPS) is 12.4. The lowest BCUT2D eigenvalue weighted by molar-refractivity contribution is 0.288. The van der Waals surface area contributed by atoms with Crippen molar-refractivity contribution in [2.75, 3.05) is 0 Å². The molecule has 1 aromatic heterocycles. The summed E-state index contributed by atoms with van der Waals surface area (Å²) in [6.07, 6.45) is 0. The number of rotatable bonds is 5. The first-order chi connectivity index (χ1) is 9.51. The van der Waals surface area contributed by atoms with E-state index in [1.807, 2.05) is 42.8 Å². The van der Waals surface area contributed by atoms with Gasteiger partial charge in [-0.1, -0.05) is 11.6 Å². The van der Waals surface area contributed by atoms with Crippen LogP contribution in [-0.4, -0.2) is 9.78 Å². The van der Waals surface area contributed by atoms with Gasteiger partial charge in [0.2, 0.25) is 0 Å². The van der Waals surface area contributed by atoms with Crippen molar-refractivity contribution < 1.29 is 4.74 Å². The molecule has 0 saturated heterocycles. The van der Waals surface area contributed by atoms with Gasteiger partial charge in [-0.25, -0.2) is 0 Å². The Hall–Kier alpha value is -1.52. The molecule has 0 amide bonds. The largest absolute Gasteiger partial charge is 0.487 e. The van der Waals surface area contributed by atoms with Crippen LogP contribution >= 0.6 is 11.6 Å². The van der Waals surface area contributed by atoms with E-state index < -0.39 is 0 Å². The molecule has 0 spiro atoms. The minimum absolute atomic E-state index is 0.124. The van der Waals surface area contributed by atoms with E-state index in [-0.39, 0.29) is 6.04 Å². The maximum Gasteiger partial charge on any atom is 0.130 e. The molecule has 2 rings (SSSR count). The third kappa shape index (κ3) is 3.32. The van der Waals surface area contributed by atoms with Crippen LogP contribution in [-0.2, 0) is 13.2 Å². The van der Waals surface area contributed by atoms with E-state index >= 15 is 0 Å². The van der Waals surface area contributed by atoms with E-state index in [0.717, 1.165) is 29.2 Å². The molecule has 0 fully saturated rings. The van der Waals surface area contributed by atoms with Crippen LogP contribution in [0.25, 0.3) is 0 Å². The Kier molecular flexibility index (Phi) is 4.68. The average molecular weight is 294 g/mol. The molecule has 1 heterocycles. The fraction of sp³-hybridized carbons (Fsp3) is 0.400. The maximum absolute atomic E-state index is 6.00. The topological polar surface area (TPSA) is 53.1 Å². The Labute approximate surface area is 124 Å². The van der Waals surface area contributed by atoms with Gasteiger partial charge in [-0.3, -0.25) is 4.68 Å². The Balaban J connectivity index is 2.18. The van der Waals surface area contributed by atoms with Gasteiger partial charge < -0.3 is 10.5 Å². The fourth-order valence-electron chi connectivity index (χ4n) is 2.15. The van der Waals surface area contributed by atoms with Crippen LogP contribution in [0.3, 0.4) is 0 Å². The second-order valence-corrected chi connectivity index (χ2v) is 5.29. The minimum atomic E-state index is -0.124. The van der Waals surface area contributed by atoms with Crippen molar-refractivity contribution in [3.63, 3.8) is 0 Å². The summed E-state index contributed by atoms with van der Waals surface area (Å²) >= 11 is 6.00. The van der Waals surface area contributed by atoms with Gasteiger partial charge in [-0.2, -0.15) is 5.10 Å². The predicted octanol–water partition coefficient (Wildman–Crippen LogP) is 3.46. The molecule has 20 heavy (non-hydrogen) atoms. The van der Waals surface area contributed by atoms with Crippen LogP contribution in [0.5, 0.6) is 5.75 Å². The highest BCUT2D eigenvalue weighted by molar-refractivity contribution is 6.30. The lowest BCUT2D eigenvalue weighted by Crippen LogP contribution is -2.10. The van der Waals surface area contributed by atoms with Crippen LogP contribution in [0.15, 0.2) is 24.3 Å². The van der Waals surface area contributed by atoms with Crippen LogP contribution in [0.1, 0.15) is 36.8 Å². The molecule has 4 nitrogen and oxygen atoms in total. The van der Waals surface area contributed by atoms with Crippen LogP contribution in [0, 0.1) is 6.92 Å². The molecule has 0 saturated carbocycles. The summed E-state index contributed by atoms with van der Waals surface area (Å²) in [6, 6.07) is 7.43. The van der Waals surface area contributed by atoms with E-state index in [0.29, 0.717) is 11.6 Å². The summed E-state index contributed by atoms with van der Waals surface area (Å²) in [7, 11) is 0. The Morgan fingerprint density at radius 3 is 2.80 bits per heavy atom. The van der Waals surface area contributed by atoms with E-state index in [2.05, 4.69) is 12.0 Å². The van der Waals surface area contributed by atoms with Gasteiger partial charge in [0, 0.05) is 23.2 Å². The first-order valence-electron chi connectivity index (χ1n) is 6.72. The van der Waals surface area contributed by atoms with Crippen molar-refractivity contribution >= 4 is 11.6 Å². The number of nitrogens with zero attached hydrogens (tertiary/aromatic N) is 2. The Morgan fingerprint density at radius 2 is 2.15 bits per heavy atom. The van der Waals surface area contributed by atoms with Gasteiger partial charge in [-0.05, 0) is 45.0 Å². The van der Waals surface area contributed by atoms with Crippen LogP contribution < -0.4 is 10.5 Å². The van der Waals surface area contributed by atoms with Crippen molar-refractivity contribution in [1.29, 1.82) is 0 Å². The highest BCUT2D eigenvalue weighted by atomic mass is 35.5. The Morgan fingerprint density at radius 1 is 1.40 bits per heavy atom. The standard InChI is InChI=1S/C15H20ClN3O/c1-4-19-13(7-10(2)18-19)9-20-15-6-5-12(16)8-14(15)11(3)17/h5-8,11H,4,9,17H2,1-3H3/t11-/m1/s1. The molecule has 0 aliphatic rings. The van der Waals surface area contributed by atoms with Crippen LogP contribution in [0.4, 0.5) is 0 Å². The molecule has 1 aromatic carbocycles. The summed E-state index contributed by atoms with van der Waals surface area (Å²) in [5, 5.41) is 5.07. The molecule has 1 atom stereocenters. The van der Waals surface area contributed by atoms with E-state index in [4.69, 9.17) is 22.1 Å². The molecule has 0 unspecified atom stereocenters. The SMILES string of the molecule is CCn1nc(C)cc1COc1ccc(Cl)cc1[C@@H](C)N. The molecule has 108 valence electrons. The predicted molar refractivity (Wildman–Crippen MR) is 81.0 cm³/mol. The highest BCUT2D eigenvalue weighted by Crippen LogP contribution is 2.28. The van der Waals surface area contributed by atoms with Crippen molar-refractivity contribution in [3.8, 4) is 5.75 Å². The van der Waals surface area contributed by atoms with Gasteiger partial charge in [-0.15, -0.1) is 0 Å². The molecule has 0 radical (unpaired) electrons. The third-order valence-corrected chi connectivity index (χ3v) is 3.36. The fourth-order valence-corrected chi connectivity index (χ4v) is 2.33. The molecule has 0 bridgehead atoms. The molecule has 0 aliphatic heterocycles. The second kappa shape index (κ2) is 6.29. The lowest BCUT2D eigenvalue weighted by Gasteiger charge is -2.14. The summed E-state index contributed by atoms with van der Waals surface area (Å²) < 4.78 is 7.84. The number of aromatic nitrogens is 2. The zero-order valence-corrected chi connectivity index (χ0v) is 12.8. The van der Waals surface area contributed by atoms with Gasteiger partial charge in [0.15, 0.2) is 0 Å². The van der Waals surface area contributed by atoms with Gasteiger partial charge in [0.25, 0.3) is 0 Å². The zero-order valence-electron chi connectivity index (χ0n) is 12.1. The molecular weight excluding hydrogens is 274 g/mol. The number of ether oxygens (including phenoxy) is 1. The monoisotopic (exact) mass is 293 g/mol. The summed E-state index contributed by atoms with van der Waals surface area (Å²) in [6.45, 7) is 7.25. The molecule has 2 N–H and O–H groups in total. The number of benzene rings is 1. The van der Waals surface area contributed by atoms with Crippen molar-refractivity contribution in [3.05, 3.63) is 46.2 Å². The highest BCUT2D eigenvalue weighted by Gasteiger charge is 2.11. The number of nitrogens with two attached hydrogens (primary N) is 1. The van der Waals surface area contributed by atoms with Crippen molar-refractivity contribution in [2.24, 2.45) is 5.73 Å². The molecule has 5 heteroatoms. The first kappa shape index (κ1) is 14.9. The third-order valence-electron chi connectivity index (χ3n) is 3.12. The first-order valence-corrected chi connectivity index (χ1v) is 7.10. The number of aryl methyl sites for hydroxylation is 2. The summed E-state index contributed by atoms with van der Waals surface area (Å²) in [4.78, 5) is 0. The molecular formula is C15H20ClN3O. The minimum Gasteiger partial charge on any atom is -0.487 e. The summed E-state index contributed by atoms with van der Waals surface area (Å²) in [5.41, 5.74) is 8.92. The smallest absolute Gasteiger partial charge is 0.130 e. The number of hydrogen-bond donors (Lipinski definition) is 1. The van der Waals surface area contributed by atoms with Crippen molar-refractivity contribution in [2.45, 2.75) is 40.0 Å². The van der Waals surface area contributed by atoms with Gasteiger partial charge in [0.05, 0.1) is 11.4 Å². The van der Waals surface area contributed by atoms with Crippen molar-refractivity contribution in [1.82, 2.24) is 9.78 Å². The van der Waals surface area contributed by atoms with Crippen LogP contribution in [0.2, 0.25) is 5.02 Å². The molecule has 2 aromatic rings. The lowest BCUT2D eigenvalue weighted by atomic mass is 10.1. The van der Waals surface area contributed by atoms with E-state index in [1.54, 1.807) is 0 Å². The average Bonchev–Trinajstić information content (AvgIpc) is 2.77. The quantitative estimate of drug-likeness (QED) is 0.918. The Bertz CT molecular complexity index is 593. The van der Waals surface area contributed by atoms with Gasteiger partial charge in [0.1, 0.15) is 12.4 Å². The maximum atomic E-state index is 6.00. The number of halogens is 1. The second-order valence-electron chi connectivity index (χ2n) is 4.85. The zero-order chi connectivity index (χ0) is 14.7. The van der Waals surface area contributed by atoms with E-state index in [1.165, 1.54) is 0 Å². The van der Waals surface area contributed by atoms with E-state index in [9.17, 15) is 0 Å². The van der Waals surface area contributed by atoms with Gasteiger partial charge >= 0.3 is 0 Å². The number of hydrogen-bond acceptors (Lipinski definition) is 3. The molecule has 0 aliphatic carbocycles. The summed E-state index contributed by atoms with van der Waals surface area (Å²) in [5.74, 6) is 0.769.